The Morgan fingerprint density at radius 1 is 1.03 bits per heavy atom. The van der Waals surface area contributed by atoms with E-state index in [0.29, 0.717) is 48.0 Å². The van der Waals surface area contributed by atoms with Gasteiger partial charge in [0.15, 0.2) is 0 Å². The fourth-order valence-electron chi connectivity index (χ4n) is 3.18. The van der Waals surface area contributed by atoms with Crippen molar-refractivity contribution >= 4 is 29.4 Å². The van der Waals surface area contributed by atoms with Crippen molar-refractivity contribution in [3.63, 3.8) is 0 Å². The smallest absolute Gasteiger partial charge is 0.339 e. The van der Waals surface area contributed by atoms with Crippen molar-refractivity contribution in [2.45, 2.75) is 13.8 Å². The van der Waals surface area contributed by atoms with Gasteiger partial charge in [0, 0.05) is 36.8 Å². The van der Waals surface area contributed by atoms with Crippen molar-refractivity contribution in [2.75, 3.05) is 32.8 Å². The molecule has 1 aromatic heterocycles. The molecule has 0 bridgehead atoms. The fraction of sp³-hybridized carbons (Fsp3) is 0.333. The van der Waals surface area contributed by atoms with Crippen LogP contribution in [0.3, 0.4) is 0 Å². The van der Waals surface area contributed by atoms with Gasteiger partial charge in [-0.05, 0) is 44.2 Å². The summed E-state index contributed by atoms with van der Waals surface area (Å²) in [6.07, 6.45) is 0. The summed E-state index contributed by atoms with van der Waals surface area (Å²) in [6, 6.07) is 9.92. The van der Waals surface area contributed by atoms with Gasteiger partial charge in [0.1, 0.15) is 5.69 Å². The molecule has 3 rings (SSSR count). The van der Waals surface area contributed by atoms with E-state index in [9.17, 15) is 14.4 Å². The van der Waals surface area contributed by atoms with E-state index in [1.165, 1.54) is 6.07 Å². The number of rotatable bonds is 4. The molecule has 0 spiro atoms. The lowest BCUT2D eigenvalue weighted by Gasteiger charge is -2.34. The zero-order chi connectivity index (χ0) is 21.0. The molecule has 0 aliphatic carbocycles. The molecule has 1 aliphatic heterocycles. The molecule has 1 aromatic carbocycles. The number of aryl methyl sites for hydroxylation is 1. The molecule has 2 heterocycles. The van der Waals surface area contributed by atoms with E-state index in [2.05, 4.69) is 4.98 Å². The minimum absolute atomic E-state index is 0.104. The van der Waals surface area contributed by atoms with E-state index >= 15 is 0 Å². The second kappa shape index (κ2) is 9.05. The monoisotopic (exact) mass is 415 g/mol. The number of pyridine rings is 1. The highest BCUT2D eigenvalue weighted by atomic mass is 35.5. The van der Waals surface area contributed by atoms with Crippen LogP contribution in [-0.4, -0.2) is 65.4 Å². The van der Waals surface area contributed by atoms with E-state index in [0.717, 1.165) is 0 Å². The first kappa shape index (κ1) is 20.8. The van der Waals surface area contributed by atoms with Crippen molar-refractivity contribution in [3.05, 3.63) is 63.9 Å². The average molecular weight is 416 g/mol. The van der Waals surface area contributed by atoms with E-state index < -0.39 is 5.97 Å². The Morgan fingerprint density at radius 2 is 1.69 bits per heavy atom. The Labute approximate surface area is 174 Å². The molecular weight excluding hydrogens is 394 g/mol. The van der Waals surface area contributed by atoms with Gasteiger partial charge in [0.05, 0.1) is 17.9 Å². The Kier molecular flexibility index (Phi) is 6.49. The number of esters is 1. The maximum atomic E-state index is 12.8. The summed E-state index contributed by atoms with van der Waals surface area (Å²) in [5.41, 5.74) is 1.60. The zero-order valence-corrected chi connectivity index (χ0v) is 17.1. The van der Waals surface area contributed by atoms with Gasteiger partial charge in [-0.25, -0.2) is 9.78 Å². The van der Waals surface area contributed by atoms with Gasteiger partial charge < -0.3 is 14.5 Å². The lowest BCUT2D eigenvalue weighted by atomic mass is 10.1. The SMILES string of the molecule is CCOC(=O)c1ccc(C(=O)N2CCN(C(=O)c3cccc(Cl)c3)CC2)nc1C. The number of halogens is 1. The minimum Gasteiger partial charge on any atom is -0.462 e. The molecule has 8 heteroatoms. The predicted molar refractivity (Wildman–Crippen MR) is 108 cm³/mol. The minimum atomic E-state index is -0.454. The van der Waals surface area contributed by atoms with Crippen molar-refractivity contribution in [1.29, 1.82) is 0 Å². The van der Waals surface area contributed by atoms with Gasteiger partial charge in [0.25, 0.3) is 11.8 Å². The lowest BCUT2D eigenvalue weighted by Crippen LogP contribution is -2.50. The largest absolute Gasteiger partial charge is 0.462 e. The maximum absolute atomic E-state index is 12.8. The van der Waals surface area contributed by atoms with Gasteiger partial charge in [0.2, 0.25) is 0 Å². The van der Waals surface area contributed by atoms with Crippen molar-refractivity contribution < 1.29 is 19.1 Å². The molecule has 0 saturated carbocycles. The van der Waals surface area contributed by atoms with Crippen LogP contribution in [0.5, 0.6) is 0 Å². The van der Waals surface area contributed by atoms with Gasteiger partial charge >= 0.3 is 5.97 Å². The van der Waals surface area contributed by atoms with Crippen LogP contribution in [0, 0.1) is 6.92 Å². The lowest BCUT2D eigenvalue weighted by molar-refractivity contribution is 0.0521. The van der Waals surface area contributed by atoms with Crippen LogP contribution in [0.25, 0.3) is 0 Å². The Morgan fingerprint density at radius 3 is 2.28 bits per heavy atom. The number of hydrogen-bond acceptors (Lipinski definition) is 5. The van der Waals surface area contributed by atoms with Crippen LogP contribution in [0.2, 0.25) is 5.02 Å². The molecule has 0 N–H and O–H groups in total. The van der Waals surface area contributed by atoms with Crippen molar-refractivity contribution in [1.82, 2.24) is 14.8 Å². The molecule has 2 amide bonds. The van der Waals surface area contributed by atoms with E-state index in [-0.39, 0.29) is 24.1 Å². The number of amides is 2. The van der Waals surface area contributed by atoms with Crippen LogP contribution in [-0.2, 0) is 4.74 Å². The highest BCUT2D eigenvalue weighted by Crippen LogP contribution is 2.16. The quantitative estimate of drug-likeness (QED) is 0.717. The molecule has 0 unspecified atom stereocenters. The molecule has 7 nitrogen and oxygen atoms in total. The number of piperazine rings is 1. The first-order valence-electron chi connectivity index (χ1n) is 9.39. The number of nitrogens with zero attached hydrogens (tertiary/aromatic N) is 3. The second-order valence-corrected chi connectivity index (χ2v) is 7.08. The summed E-state index contributed by atoms with van der Waals surface area (Å²) in [7, 11) is 0. The molecule has 1 aliphatic rings. The maximum Gasteiger partial charge on any atom is 0.339 e. The molecule has 0 atom stereocenters. The molecule has 152 valence electrons. The van der Waals surface area contributed by atoms with Gasteiger partial charge in [-0.3, -0.25) is 9.59 Å². The van der Waals surface area contributed by atoms with Crippen molar-refractivity contribution in [3.8, 4) is 0 Å². The first-order chi connectivity index (χ1) is 13.9. The highest BCUT2D eigenvalue weighted by Gasteiger charge is 2.26. The molecule has 1 saturated heterocycles. The normalized spacial score (nSPS) is 13.9. The van der Waals surface area contributed by atoms with Crippen LogP contribution in [0.1, 0.15) is 43.8 Å². The summed E-state index contributed by atoms with van der Waals surface area (Å²) in [5.74, 6) is -0.782. The number of aromatic nitrogens is 1. The first-order valence-corrected chi connectivity index (χ1v) is 9.77. The van der Waals surface area contributed by atoms with Crippen LogP contribution >= 0.6 is 11.6 Å². The third-order valence-electron chi connectivity index (χ3n) is 4.73. The number of benzene rings is 1. The fourth-order valence-corrected chi connectivity index (χ4v) is 3.37. The van der Waals surface area contributed by atoms with Gasteiger partial charge in [-0.1, -0.05) is 17.7 Å². The van der Waals surface area contributed by atoms with E-state index in [1.54, 1.807) is 54.0 Å². The van der Waals surface area contributed by atoms with E-state index in [1.807, 2.05) is 0 Å². The predicted octanol–water partition coefficient (Wildman–Crippen LogP) is 2.82. The third-order valence-corrected chi connectivity index (χ3v) is 4.96. The summed E-state index contributed by atoms with van der Waals surface area (Å²) >= 11 is 5.96. The number of ether oxygens (including phenoxy) is 1. The second-order valence-electron chi connectivity index (χ2n) is 6.64. The van der Waals surface area contributed by atoms with Crippen molar-refractivity contribution in [2.24, 2.45) is 0 Å². The number of carbonyl (C=O) groups excluding carboxylic acids is 3. The molecule has 2 aromatic rings. The van der Waals surface area contributed by atoms with Crippen LogP contribution < -0.4 is 0 Å². The summed E-state index contributed by atoms with van der Waals surface area (Å²) < 4.78 is 4.98. The summed E-state index contributed by atoms with van der Waals surface area (Å²) in [6.45, 7) is 5.35. The van der Waals surface area contributed by atoms with Gasteiger partial charge in [-0.15, -0.1) is 0 Å². The van der Waals surface area contributed by atoms with Crippen LogP contribution in [0.15, 0.2) is 36.4 Å². The third kappa shape index (κ3) is 4.74. The average Bonchev–Trinajstić information content (AvgIpc) is 2.73. The van der Waals surface area contributed by atoms with E-state index in [4.69, 9.17) is 16.3 Å². The summed E-state index contributed by atoms with van der Waals surface area (Å²) in [5, 5.41) is 0.511. The Hall–Kier alpha value is -2.93. The zero-order valence-electron chi connectivity index (χ0n) is 16.4. The number of carbonyl (C=O) groups is 3. The number of hydrogen-bond donors (Lipinski definition) is 0. The standard InChI is InChI=1S/C21H22ClN3O4/c1-3-29-21(28)17-7-8-18(23-14(17)2)20(27)25-11-9-24(10-12-25)19(26)15-5-4-6-16(22)13-15/h4-8,13H,3,9-12H2,1-2H3. The van der Waals surface area contributed by atoms with Crippen LogP contribution in [0.4, 0.5) is 0 Å². The topological polar surface area (TPSA) is 79.8 Å². The molecule has 0 radical (unpaired) electrons. The molecular formula is C21H22ClN3O4. The highest BCUT2D eigenvalue weighted by molar-refractivity contribution is 6.30. The summed E-state index contributed by atoms with van der Waals surface area (Å²) in [4.78, 5) is 44.9. The molecule has 1 fully saturated rings. The Balaban J connectivity index is 1.63. The van der Waals surface area contributed by atoms with Gasteiger partial charge in [-0.2, -0.15) is 0 Å². The molecule has 29 heavy (non-hydrogen) atoms. The Bertz CT molecular complexity index is 939.